The molecule has 0 unspecified atom stereocenters. The van der Waals surface area contributed by atoms with Crippen molar-refractivity contribution in [3.05, 3.63) is 62.6 Å². The first kappa shape index (κ1) is 17.9. The van der Waals surface area contributed by atoms with Crippen LogP contribution in [0.1, 0.15) is 30.1 Å². The van der Waals surface area contributed by atoms with Gasteiger partial charge >= 0.3 is 0 Å². The molecule has 1 N–H and O–H groups in total. The van der Waals surface area contributed by atoms with Crippen molar-refractivity contribution in [1.82, 2.24) is 0 Å². The molecule has 0 radical (unpaired) electrons. The van der Waals surface area contributed by atoms with Crippen molar-refractivity contribution < 1.29 is 14.5 Å². The van der Waals surface area contributed by atoms with Crippen molar-refractivity contribution in [2.24, 2.45) is 0 Å². The minimum atomic E-state index is -0.506. The van der Waals surface area contributed by atoms with Crippen molar-refractivity contribution >= 4 is 33.2 Å². The molecule has 0 saturated carbocycles. The smallest absolute Gasteiger partial charge is 0.271 e. The highest BCUT2D eigenvalue weighted by Crippen LogP contribution is 2.25. The summed E-state index contributed by atoms with van der Waals surface area (Å²) in [5, 5.41) is 13.5. The van der Waals surface area contributed by atoms with Crippen molar-refractivity contribution in [1.29, 1.82) is 0 Å². The zero-order chi connectivity index (χ0) is 17.5. The van der Waals surface area contributed by atoms with Crippen LogP contribution in [0, 0.1) is 10.1 Å². The largest absolute Gasteiger partial charge is 0.493 e. The lowest BCUT2D eigenvalue weighted by atomic mass is 10.1. The number of rotatable bonds is 7. The van der Waals surface area contributed by atoms with E-state index in [0.717, 1.165) is 17.3 Å². The summed E-state index contributed by atoms with van der Waals surface area (Å²) < 4.78 is 6.41. The molecule has 0 spiro atoms. The third-order valence-electron chi connectivity index (χ3n) is 3.26. The van der Waals surface area contributed by atoms with E-state index >= 15 is 0 Å². The van der Waals surface area contributed by atoms with Gasteiger partial charge in [0.1, 0.15) is 5.75 Å². The number of nitro groups is 1. The number of nitro benzene ring substituents is 1. The maximum atomic E-state index is 12.5. The average molecular weight is 393 g/mol. The third kappa shape index (κ3) is 4.79. The van der Waals surface area contributed by atoms with Gasteiger partial charge < -0.3 is 10.1 Å². The van der Waals surface area contributed by atoms with E-state index in [9.17, 15) is 14.9 Å². The first-order valence-corrected chi connectivity index (χ1v) is 8.28. The molecule has 0 aliphatic carbocycles. The third-order valence-corrected chi connectivity index (χ3v) is 3.75. The molecule has 0 bridgehead atoms. The van der Waals surface area contributed by atoms with Crippen LogP contribution in [0.3, 0.4) is 0 Å². The van der Waals surface area contributed by atoms with Gasteiger partial charge in [0.05, 0.1) is 17.1 Å². The average Bonchev–Trinajstić information content (AvgIpc) is 2.56. The van der Waals surface area contributed by atoms with Gasteiger partial charge in [0.25, 0.3) is 11.6 Å². The lowest BCUT2D eigenvalue weighted by Crippen LogP contribution is -2.14. The molecule has 2 aromatic carbocycles. The summed E-state index contributed by atoms with van der Waals surface area (Å²) in [6.45, 7) is 2.58. The van der Waals surface area contributed by atoms with Crippen LogP contribution in [-0.4, -0.2) is 17.4 Å². The van der Waals surface area contributed by atoms with Crippen LogP contribution in [0.2, 0.25) is 0 Å². The number of non-ortho nitro benzene ring substituents is 1. The normalized spacial score (nSPS) is 10.2. The van der Waals surface area contributed by atoms with Crippen LogP contribution in [0.5, 0.6) is 5.75 Å². The second-order valence-electron chi connectivity index (χ2n) is 5.10. The molecule has 0 aromatic heterocycles. The predicted octanol–water partition coefficient (Wildman–Crippen LogP) is 4.79. The number of nitrogens with zero attached hydrogens (tertiary/aromatic N) is 1. The van der Waals surface area contributed by atoms with Gasteiger partial charge in [-0.2, -0.15) is 0 Å². The number of hydrogen-bond acceptors (Lipinski definition) is 4. The van der Waals surface area contributed by atoms with E-state index in [0.29, 0.717) is 23.6 Å². The summed E-state index contributed by atoms with van der Waals surface area (Å²) in [7, 11) is 0. The van der Waals surface area contributed by atoms with E-state index in [4.69, 9.17) is 4.74 Å². The summed E-state index contributed by atoms with van der Waals surface area (Å²) in [4.78, 5) is 22.8. The number of anilines is 1. The fourth-order valence-electron chi connectivity index (χ4n) is 2.03. The van der Waals surface area contributed by atoms with Crippen LogP contribution in [0.25, 0.3) is 0 Å². The number of nitrogens with one attached hydrogen (secondary N) is 1. The summed E-state index contributed by atoms with van der Waals surface area (Å²) in [6, 6.07) is 11.0. The van der Waals surface area contributed by atoms with E-state index in [1.807, 2.05) is 0 Å². The molecule has 2 aromatic rings. The molecule has 2 rings (SSSR count). The molecule has 0 heterocycles. The SMILES string of the molecule is CCCCOc1ccc(Br)cc1C(=O)Nc1cccc([N+](=O)[O-])c1. The number of amides is 1. The maximum Gasteiger partial charge on any atom is 0.271 e. The van der Waals surface area contributed by atoms with Crippen LogP contribution in [-0.2, 0) is 0 Å². The molecule has 7 heteroatoms. The molecular weight excluding hydrogens is 376 g/mol. The minimum Gasteiger partial charge on any atom is -0.493 e. The van der Waals surface area contributed by atoms with Gasteiger partial charge in [-0.1, -0.05) is 35.3 Å². The Morgan fingerprint density at radius 2 is 2.08 bits per heavy atom. The topological polar surface area (TPSA) is 81.5 Å². The Morgan fingerprint density at radius 3 is 2.79 bits per heavy atom. The van der Waals surface area contributed by atoms with Crippen molar-refractivity contribution in [3.8, 4) is 5.75 Å². The van der Waals surface area contributed by atoms with Gasteiger partial charge in [-0.15, -0.1) is 0 Å². The fraction of sp³-hybridized carbons (Fsp3) is 0.235. The second-order valence-corrected chi connectivity index (χ2v) is 6.02. The molecule has 0 aliphatic heterocycles. The monoisotopic (exact) mass is 392 g/mol. The number of hydrogen-bond donors (Lipinski definition) is 1. The highest BCUT2D eigenvalue weighted by Gasteiger charge is 2.15. The molecule has 0 saturated heterocycles. The standard InChI is InChI=1S/C17H17BrN2O4/c1-2-3-9-24-16-8-7-12(18)10-15(16)17(21)19-13-5-4-6-14(11-13)20(22)23/h4-8,10-11H,2-3,9H2,1H3,(H,19,21). The van der Waals surface area contributed by atoms with Crippen LogP contribution < -0.4 is 10.1 Å². The van der Waals surface area contributed by atoms with Crippen molar-refractivity contribution in [3.63, 3.8) is 0 Å². The van der Waals surface area contributed by atoms with Crippen LogP contribution in [0.15, 0.2) is 46.9 Å². The molecule has 24 heavy (non-hydrogen) atoms. The highest BCUT2D eigenvalue weighted by molar-refractivity contribution is 9.10. The molecule has 1 amide bonds. The van der Waals surface area contributed by atoms with Crippen molar-refractivity contribution in [2.75, 3.05) is 11.9 Å². The number of halogens is 1. The summed E-state index contributed by atoms with van der Waals surface area (Å²) in [5.74, 6) is 0.0953. The van der Waals surface area contributed by atoms with Gasteiger partial charge in [0, 0.05) is 22.3 Å². The molecule has 126 valence electrons. The molecule has 0 atom stereocenters. The lowest BCUT2D eigenvalue weighted by molar-refractivity contribution is -0.384. The van der Waals surface area contributed by atoms with Crippen molar-refractivity contribution in [2.45, 2.75) is 19.8 Å². The molecule has 0 aliphatic rings. The van der Waals surface area contributed by atoms with Crippen LogP contribution >= 0.6 is 15.9 Å². The molecule has 6 nitrogen and oxygen atoms in total. The summed E-state index contributed by atoms with van der Waals surface area (Å²) in [5.41, 5.74) is 0.641. The number of unbranched alkanes of at least 4 members (excludes halogenated alkanes) is 1. The highest BCUT2D eigenvalue weighted by atomic mass is 79.9. The predicted molar refractivity (Wildman–Crippen MR) is 95.6 cm³/mol. The van der Waals surface area contributed by atoms with E-state index in [2.05, 4.69) is 28.2 Å². The van der Waals surface area contributed by atoms with Gasteiger partial charge in [0.15, 0.2) is 0 Å². The fourth-order valence-corrected chi connectivity index (χ4v) is 2.39. The zero-order valence-corrected chi connectivity index (χ0v) is 14.7. The molecule has 0 fully saturated rings. The van der Waals surface area contributed by atoms with E-state index in [-0.39, 0.29) is 11.6 Å². The second kappa shape index (κ2) is 8.44. The summed E-state index contributed by atoms with van der Waals surface area (Å²) in [6.07, 6.45) is 1.88. The Kier molecular flexibility index (Phi) is 6.31. The first-order chi connectivity index (χ1) is 11.5. The van der Waals surface area contributed by atoms with Crippen LogP contribution in [0.4, 0.5) is 11.4 Å². The van der Waals surface area contributed by atoms with E-state index in [1.54, 1.807) is 24.3 Å². The Morgan fingerprint density at radius 1 is 1.29 bits per heavy atom. The number of ether oxygens (including phenoxy) is 1. The quantitative estimate of drug-likeness (QED) is 0.417. The van der Waals surface area contributed by atoms with Gasteiger partial charge in [-0.25, -0.2) is 0 Å². The number of carbonyl (C=O) groups is 1. The van der Waals surface area contributed by atoms with E-state index < -0.39 is 4.92 Å². The Balaban J connectivity index is 2.21. The Bertz CT molecular complexity index is 749. The Hall–Kier alpha value is -2.41. The first-order valence-electron chi connectivity index (χ1n) is 7.49. The lowest BCUT2D eigenvalue weighted by Gasteiger charge is -2.12. The van der Waals surface area contributed by atoms with Gasteiger partial charge in [-0.3, -0.25) is 14.9 Å². The number of carbonyl (C=O) groups excluding carboxylic acids is 1. The summed E-state index contributed by atoms with van der Waals surface area (Å²) >= 11 is 3.34. The number of benzene rings is 2. The van der Waals surface area contributed by atoms with E-state index in [1.165, 1.54) is 18.2 Å². The maximum absolute atomic E-state index is 12.5. The minimum absolute atomic E-state index is 0.0820. The zero-order valence-electron chi connectivity index (χ0n) is 13.1. The Labute approximate surface area is 148 Å². The molecular formula is C17H17BrN2O4. The van der Waals surface area contributed by atoms with Gasteiger partial charge in [-0.05, 0) is 30.7 Å². The van der Waals surface area contributed by atoms with Gasteiger partial charge in [0.2, 0.25) is 0 Å².